The largest absolute Gasteiger partial charge is 0.369 e. The smallest absolute Gasteiger partial charge is 0.220 e. The fraction of sp³-hybridized carbons (Fsp3) is 0.556. The lowest BCUT2D eigenvalue weighted by atomic mass is 10.00. The van der Waals surface area contributed by atoms with Gasteiger partial charge in [0.05, 0.1) is 6.20 Å². The Morgan fingerprint density at radius 1 is 1.69 bits per heavy atom. The summed E-state index contributed by atoms with van der Waals surface area (Å²) in [5.41, 5.74) is 6.39. The molecule has 0 bridgehead atoms. The quantitative estimate of drug-likeness (QED) is 0.645. The molecule has 0 aromatic carbocycles. The van der Waals surface area contributed by atoms with Gasteiger partial charge in [-0.2, -0.15) is 0 Å². The molecule has 4 nitrogen and oxygen atoms in total. The first-order chi connectivity index (χ1) is 6.27. The van der Waals surface area contributed by atoms with E-state index in [0.717, 1.165) is 30.6 Å². The molecule has 1 aromatic rings. The van der Waals surface area contributed by atoms with Crippen molar-refractivity contribution >= 4 is 5.91 Å². The molecular weight excluding hydrogens is 168 g/mol. The van der Waals surface area contributed by atoms with Crippen molar-refractivity contribution in [3.63, 3.8) is 0 Å². The van der Waals surface area contributed by atoms with Gasteiger partial charge in [0, 0.05) is 17.9 Å². The average Bonchev–Trinajstić information content (AvgIpc) is 2.42. The molecule has 1 heterocycles. The van der Waals surface area contributed by atoms with Gasteiger partial charge in [0.25, 0.3) is 0 Å². The van der Waals surface area contributed by atoms with Crippen LogP contribution in [0.15, 0.2) is 10.7 Å². The van der Waals surface area contributed by atoms with Crippen LogP contribution in [0.1, 0.15) is 24.2 Å². The van der Waals surface area contributed by atoms with Crippen LogP contribution in [-0.2, 0) is 17.6 Å². The van der Waals surface area contributed by atoms with E-state index >= 15 is 0 Å². The normalized spacial score (nSPS) is 22.0. The Balaban J connectivity index is 2.21. The van der Waals surface area contributed by atoms with Crippen molar-refractivity contribution < 1.29 is 9.32 Å². The van der Waals surface area contributed by atoms with Crippen LogP contribution in [0.2, 0.25) is 0 Å². The SMILES string of the molecule is NC(=O)[C@H]1CCCc2cnoc2C1. The third-order valence-corrected chi connectivity index (χ3v) is 2.56. The number of carbonyl (C=O) groups is 1. The van der Waals surface area contributed by atoms with Gasteiger partial charge in [0.2, 0.25) is 5.91 Å². The van der Waals surface area contributed by atoms with E-state index in [1.807, 2.05) is 0 Å². The zero-order chi connectivity index (χ0) is 9.26. The number of hydrogen-bond acceptors (Lipinski definition) is 3. The number of hydrogen-bond donors (Lipinski definition) is 1. The van der Waals surface area contributed by atoms with E-state index in [1.165, 1.54) is 0 Å². The molecule has 13 heavy (non-hydrogen) atoms. The van der Waals surface area contributed by atoms with E-state index < -0.39 is 0 Å². The van der Waals surface area contributed by atoms with Gasteiger partial charge in [0.15, 0.2) is 0 Å². The molecule has 1 aromatic heterocycles. The molecule has 0 unspecified atom stereocenters. The standard InChI is InChI=1S/C9H12N2O2/c10-9(12)6-2-1-3-7-5-11-13-8(7)4-6/h5-6H,1-4H2,(H2,10,12)/t6-/m0/s1. The molecule has 1 atom stereocenters. The molecule has 4 heteroatoms. The molecule has 1 aliphatic rings. The Morgan fingerprint density at radius 3 is 3.31 bits per heavy atom. The van der Waals surface area contributed by atoms with Gasteiger partial charge in [-0.1, -0.05) is 5.16 Å². The molecular formula is C9H12N2O2. The monoisotopic (exact) mass is 180 g/mol. The maximum Gasteiger partial charge on any atom is 0.220 e. The van der Waals surface area contributed by atoms with Crippen molar-refractivity contribution in [3.05, 3.63) is 17.5 Å². The molecule has 0 saturated heterocycles. The van der Waals surface area contributed by atoms with Crippen LogP contribution in [-0.4, -0.2) is 11.1 Å². The van der Waals surface area contributed by atoms with Gasteiger partial charge in [-0.25, -0.2) is 0 Å². The summed E-state index contributed by atoms with van der Waals surface area (Å²) >= 11 is 0. The summed E-state index contributed by atoms with van der Waals surface area (Å²) in [6, 6.07) is 0. The van der Waals surface area contributed by atoms with Crippen LogP contribution in [0.3, 0.4) is 0 Å². The van der Waals surface area contributed by atoms with Crippen molar-refractivity contribution in [2.24, 2.45) is 11.7 Å². The number of fused-ring (bicyclic) bond motifs is 1. The number of primary amides is 1. The molecule has 0 saturated carbocycles. The van der Waals surface area contributed by atoms with Gasteiger partial charge in [-0.05, 0) is 19.3 Å². The van der Waals surface area contributed by atoms with Crippen molar-refractivity contribution in [1.29, 1.82) is 0 Å². The molecule has 1 amide bonds. The van der Waals surface area contributed by atoms with E-state index in [1.54, 1.807) is 6.20 Å². The number of nitrogens with two attached hydrogens (primary N) is 1. The van der Waals surface area contributed by atoms with Crippen molar-refractivity contribution in [2.45, 2.75) is 25.7 Å². The summed E-state index contributed by atoms with van der Waals surface area (Å²) < 4.78 is 5.06. The number of rotatable bonds is 1. The number of aryl methyl sites for hydroxylation is 1. The lowest BCUT2D eigenvalue weighted by molar-refractivity contribution is -0.122. The van der Waals surface area contributed by atoms with Gasteiger partial charge in [-0.3, -0.25) is 4.79 Å². The molecule has 0 fully saturated rings. The molecule has 70 valence electrons. The second-order valence-electron chi connectivity index (χ2n) is 3.47. The van der Waals surface area contributed by atoms with Gasteiger partial charge < -0.3 is 10.3 Å². The van der Waals surface area contributed by atoms with Crippen LogP contribution < -0.4 is 5.73 Å². The highest BCUT2D eigenvalue weighted by Crippen LogP contribution is 2.23. The summed E-state index contributed by atoms with van der Waals surface area (Å²) in [6.45, 7) is 0. The van der Waals surface area contributed by atoms with Crippen LogP contribution in [0.5, 0.6) is 0 Å². The highest BCUT2D eigenvalue weighted by molar-refractivity contribution is 5.77. The van der Waals surface area contributed by atoms with Crippen molar-refractivity contribution in [3.8, 4) is 0 Å². The minimum Gasteiger partial charge on any atom is -0.369 e. The van der Waals surface area contributed by atoms with E-state index in [0.29, 0.717) is 6.42 Å². The zero-order valence-corrected chi connectivity index (χ0v) is 7.32. The first-order valence-electron chi connectivity index (χ1n) is 4.49. The Morgan fingerprint density at radius 2 is 2.54 bits per heavy atom. The average molecular weight is 180 g/mol. The van der Waals surface area contributed by atoms with Crippen LogP contribution >= 0.6 is 0 Å². The molecule has 2 rings (SSSR count). The Hall–Kier alpha value is -1.32. The summed E-state index contributed by atoms with van der Waals surface area (Å²) in [4.78, 5) is 11.0. The first kappa shape index (κ1) is 8.29. The maximum absolute atomic E-state index is 11.0. The highest BCUT2D eigenvalue weighted by Gasteiger charge is 2.23. The molecule has 0 aliphatic heterocycles. The van der Waals surface area contributed by atoms with E-state index in [9.17, 15) is 4.79 Å². The summed E-state index contributed by atoms with van der Waals surface area (Å²) in [6.07, 6.45) is 5.15. The number of nitrogens with zero attached hydrogens (tertiary/aromatic N) is 1. The first-order valence-corrected chi connectivity index (χ1v) is 4.49. The zero-order valence-electron chi connectivity index (χ0n) is 7.32. The fourth-order valence-corrected chi connectivity index (χ4v) is 1.76. The Bertz CT molecular complexity index is 319. The third kappa shape index (κ3) is 1.56. The van der Waals surface area contributed by atoms with Gasteiger partial charge in [-0.15, -0.1) is 0 Å². The second-order valence-corrected chi connectivity index (χ2v) is 3.47. The van der Waals surface area contributed by atoms with Crippen LogP contribution in [0.25, 0.3) is 0 Å². The minimum atomic E-state index is -0.232. The Kier molecular flexibility index (Phi) is 2.04. The predicted octanol–water partition coefficient (Wildman–Crippen LogP) is 0.655. The second kappa shape index (κ2) is 3.20. The lowest BCUT2D eigenvalue weighted by Gasteiger charge is -2.06. The Labute approximate surface area is 76.1 Å². The summed E-state index contributed by atoms with van der Waals surface area (Å²) in [5.74, 6) is 0.528. The predicted molar refractivity (Wildman–Crippen MR) is 45.8 cm³/mol. The topological polar surface area (TPSA) is 69.1 Å². The summed E-state index contributed by atoms with van der Waals surface area (Å²) in [7, 11) is 0. The van der Waals surface area contributed by atoms with E-state index in [4.69, 9.17) is 10.3 Å². The van der Waals surface area contributed by atoms with Gasteiger partial charge in [0.1, 0.15) is 5.76 Å². The third-order valence-electron chi connectivity index (χ3n) is 2.56. The van der Waals surface area contributed by atoms with E-state index in [-0.39, 0.29) is 11.8 Å². The maximum atomic E-state index is 11.0. The molecule has 0 spiro atoms. The van der Waals surface area contributed by atoms with Gasteiger partial charge >= 0.3 is 0 Å². The fourth-order valence-electron chi connectivity index (χ4n) is 1.76. The number of aromatic nitrogens is 1. The number of amides is 1. The minimum absolute atomic E-state index is 0.0748. The summed E-state index contributed by atoms with van der Waals surface area (Å²) in [5, 5.41) is 3.71. The van der Waals surface area contributed by atoms with E-state index in [2.05, 4.69) is 5.16 Å². The highest BCUT2D eigenvalue weighted by atomic mass is 16.5. The van der Waals surface area contributed by atoms with Crippen molar-refractivity contribution in [1.82, 2.24) is 5.16 Å². The van der Waals surface area contributed by atoms with Crippen LogP contribution in [0, 0.1) is 5.92 Å². The number of carbonyl (C=O) groups excluding carboxylic acids is 1. The lowest BCUT2D eigenvalue weighted by Crippen LogP contribution is -2.24. The molecule has 0 radical (unpaired) electrons. The van der Waals surface area contributed by atoms with Crippen molar-refractivity contribution in [2.75, 3.05) is 0 Å². The molecule has 2 N–H and O–H groups in total. The van der Waals surface area contributed by atoms with Crippen LogP contribution in [0.4, 0.5) is 0 Å². The molecule has 1 aliphatic carbocycles.